The number of carbonyl (C=O) groups excluding carboxylic acids is 1. The van der Waals surface area contributed by atoms with E-state index in [1.165, 1.54) is 19.1 Å². The number of nitrogens with zero attached hydrogens (tertiary/aromatic N) is 4. The predicted octanol–water partition coefficient (Wildman–Crippen LogP) is 1.30. The van der Waals surface area contributed by atoms with Crippen LogP contribution in [0.2, 0.25) is 0 Å². The van der Waals surface area contributed by atoms with Crippen molar-refractivity contribution < 1.29 is 14.8 Å². The van der Waals surface area contributed by atoms with Crippen molar-refractivity contribution in [2.24, 2.45) is 0 Å². The van der Waals surface area contributed by atoms with Gasteiger partial charge in [0.2, 0.25) is 0 Å². The molecule has 1 aromatic heterocycles. The maximum atomic E-state index is 11.8. The molecule has 0 saturated carbocycles. The van der Waals surface area contributed by atoms with Gasteiger partial charge in [-0.2, -0.15) is 0 Å². The van der Waals surface area contributed by atoms with Crippen LogP contribution in [0, 0.1) is 10.1 Å². The second-order valence-corrected chi connectivity index (χ2v) is 8.07. The number of hydrogen-bond donors (Lipinski definition) is 1. The maximum absolute atomic E-state index is 11.8. The van der Waals surface area contributed by atoms with E-state index in [4.69, 9.17) is 0 Å². The summed E-state index contributed by atoms with van der Waals surface area (Å²) in [5, 5.41) is 21.8. The predicted molar refractivity (Wildman–Crippen MR) is 86.8 cm³/mol. The number of rotatable bonds is 3. The first-order chi connectivity index (χ1) is 11.4. The van der Waals surface area contributed by atoms with E-state index >= 15 is 0 Å². The number of nitro groups is 1. The average Bonchev–Trinajstić information content (AvgIpc) is 2.98. The molecular weight excluding hydrogens is 505 g/mol. The van der Waals surface area contributed by atoms with Crippen LogP contribution in [-0.4, -0.2) is 55.9 Å². The zero-order valence-corrected chi connectivity index (χ0v) is 17.5. The number of aliphatic hydroxyl groups is 1. The van der Waals surface area contributed by atoms with E-state index in [9.17, 15) is 20.0 Å². The van der Waals surface area contributed by atoms with Crippen molar-refractivity contribution in [3.05, 3.63) is 52.1 Å². The van der Waals surface area contributed by atoms with Crippen molar-refractivity contribution in [3.63, 3.8) is 0 Å². The zero-order valence-electron chi connectivity index (χ0n) is 13.0. The molecule has 1 aromatic carbocycles. The second kappa shape index (κ2) is 6.59. The second-order valence-electron chi connectivity index (χ2n) is 5.76. The van der Waals surface area contributed by atoms with Gasteiger partial charge < -0.3 is 0 Å². The summed E-state index contributed by atoms with van der Waals surface area (Å²) in [6, 6.07) is 4.43. The molecule has 122 valence electrons. The fourth-order valence-corrected chi connectivity index (χ4v) is 3.96. The molecule has 3 rings (SSSR count). The molecule has 2 heterocycles. The molecule has 2 aromatic rings. The van der Waals surface area contributed by atoms with Gasteiger partial charge in [-0.1, -0.05) is 0 Å². The zero-order chi connectivity index (χ0) is 17.4. The Balaban J connectivity index is 2.06. The summed E-state index contributed by atoms with van der Waals surface area (Å²) >= 11 is 0.552. The molecule has 1 N–H and O–H groups in total. The quantitative estimate of drug-likeness (QED) is 0.374. The molecule has 0 fully saturated rings. The molecular formula is C15H15N4O4Tl. The minimum atomic E-state index is -0.861. The number of imidazole rings is 1. The fourth-order valence-electron chi connectivity index (χ4n) is 3.11. The molecule has 0 saturated heterocycles. The summed E-state index contributed by atoms with van der Waals surface area (Å²) in [6.45, 7) is 1.93. The van der Waals surface area contributed by atoms with E-state index in [2.05, 4.69) is 4.98 Å². The molecule has 8 nitrogen and oxygen atoms in total. The Morgan fingerprint density at radius 1 is 1.54 bits per heavy atom. The summed E-state index contributed by atoms with van der Waals surface area (Å²) in [6.07, 6.45) is 3.12. The third-order valence-electron chi connectivity index (χ3n) is 4.26. The Kier molecular flexibility index (Phi) is 4.67. The molecule has 1 amide bonds. The average molecular weight is 520 g/mol. The van der Waals surface area contributed by atoms with Crippen LogP contribution in [-0.2, 0) is 4.79 Å². The van der Waals surface area contributed by atoms with Crippen LogP contribution in [0.4, 0.5) is 11.4 Å². The van der Waals surface area contributed by atoms with E-state index in [0.717, 1.165) is 0 Å². The summed E-state index contributed by atoms with van der Waals surface area (Å²) in [5.74, 6) is -0.460. The van der Waals surface area contributed by atoms with Gasteiger partial charge in [0.15, 0.2) is 0 Å². The summed E-state index contributed by atoms with van der Waals surface area (Å²) in [7, 11) is 0. The van der Waals surface area contributed by atoms with Crippen LogP contribution in [0.25, 0.3) is 0 Å². The SMILES string of the molecule is CC(=O)N1CCC(C(O)c2c[n]([Tl])cn2)c2cc([N+](=O)[O-])ccc21. The molecule has 1 aliphatic heterocycles. The van der Waals surface area contributed by atoms with Gasteiger partial charge >= 0.3 is 154 Å². The number of benzene rings is 1. The van der Waals surface area contributed by atoms with E-state index in [1.54, 1.807) is 23.5 Å². The molecule has 24 heavy (non-hydrogen) atoms. The van der Waals surface area contributed by atoms with Crippen LogP contribution in [0.3, 0.4) is 0 Å². The van der Waals surface area contributed by atoms with E-state index < -0.39 is 11.0 Å². The Morgan fingerprint density at radius 2 is 2.29 bits per heavy atom. The molecule has 0 aliphatic carbocycles. The first-order valence-electron chi connectivity index (χ1n) is 7.42. The number of anilines is 1. The topological polar surface area (TPSA) is 102 Å². The van der Waals surface area contributed by atoms with Crippen molar-refractivity contribution in [3.8, 4) is 0 Å². The third kappa shape index (κ3) is 3.07. The van der Waals surface area contributed by atoms with Crippen LogP contribution >= 0.6 is 0 Å². The van der Waals surface area contributed by atoms with E-state index in [-0.39, 0.29) is 17.5 Å². The number of amides is 1. The number of hydrogen-bond acceptors (Lipinski definition) is 5. The van der Waals surface area contributed by atoms with Crippen molar-refractivity contribution in [1.29, 1.82) is 0 Å². The van der Waals surface area contributed by atoms with Gasteiger partial charge in [0.25, 0.3) is 0 Å². The van der Waals surface area contributed by atoms with Gasteiger partial charge in [-0.15, -0.1) is 0 Å². The summed E-state index contributed by atoms with van der Waals surface area (Å²) in [4.78, 5) is 28.3. The Bertz CT molecular complexity index is 807. The van der Waals surface area contributed by atoms with E-state index in [0.29, 0.717) is 56.0 Å². The fraction of sp³-hybridized carbons (Fsp3) is 0.333. The number of non-ortho nitro benzene ring substituents is 1. The Morgan fingerprint density at radius 3 is 2.88 bits per heavy atom. The molecule has 2 atom stereocenters. The number of carbonyl (C=O) groups is 1. The molecule has 0 radical (unpaired) electrons. The standard InChI is InChI=1S/C15H15N4O4.Tl/c1-9(20)18-5-4-11(15(21)13-7-16-8-17-13)12-6-10(19(22)23)2-3-14(12)18;/h2-3,6-8,11,15,21H,4-5H2,1H3;/q-1;+1. The molecule has 0 bridgehead atoms. The number of aromatic nitrogens is 2. The number of nitro benzene ring substituents is 1. The van der Waals surface area contributed by atoms with Crippen LogP contribution in [0.5, 0.6) is 0 Å². The van der Waals surface area contributed by atoms with Gasteiger partial charge in [-0.25, -0.2) is 0 Å². The first-order valence-corrected chi connectivity index (χ1v) is 9.42. The van der Waals surface area contributed by atoms with Gasteiger partial charge in [0.05, 0.1) is 0 Å². The van der Waals surface area contributed by atoms with Crippen molar-refractivity contribution in [2.45, 2.75) is 25.4 Å². The van der Waals surface area contributed by atoms with Gasteiger partial charge in [0.1, 0.15) is 0 Å². The monoisotopic (exact) mass is 520 g/mol. The molecule has 0 spiro atoms. The Labute approximate surface area is 154 Å². The van der Waals surface area contributed by atoms with E-state index in [1.807, 2.05) is 2.38 Å². The molecule has 9 heteroatoms. The molecule has 1 aliphatic rings. The van der Waals surface area contributed by atoms with Gasteiger partial charge in [-0.3, -0.25) is 0 Å². The van der Waals surface area contributed by atoms with Gasteiger partial charge in [-0.05, 0) is 0 Å². The minimum absolute atomic E-state index is 0.0498. The Hall–Kier alpha value is -1.82. The summed E-state index contributed by atoms with van der Waals surface area (Å²) in [5.41, 5.74) is 1.74. The third-order valence-corrected chi connectivity index (χ3v) is 5.36. The summed E-state index contributed by atoms with van der Waals surface area (Å²) < 4.78 is 1.90. The van der Waals surface area contributed by atoms with Crippen LogP contribution in [0.1, 0.15) is 36.6 Å². The molecule has 2 unspecified atom stereocenters. The normalized spacial score (nSPS) is 18.0. The first kappa shape index (κ1) is 17.0. The van der Waals surface area contributed by atoms with Crippen molar-refractivity contribution >= 4 is 43.3 Å². The van der Waals surface area contributed by atoms with Gasteiger partial charge in [0, 0.05) is 0 Å². The number of fused-ring (bicyclic) bond motifs is 1. The van der Waals surface area contributed by atoms with Crippen molar-refractivity contribution in [1.82, 2.24) is 7.36 Å². The van der Waals surface area contributed by atoms with Crippen LogP contribution in [0.15, 0.2) is 30.7 Å². The number of aliphatic hydroxyl groups excluding tert-OH is 1. The van der Waals surface area contributed by atoms with Crippen LogP contribution < -0.4 is 4.90 Å². The van der Waals surface area contributed by atoms with Crippen molar-refractivity contribution in [2.75, 3.05) is 11.4 Å².